The molecule has 3 rings (SSSR count). The van der Waals surface area contributed by atoms with Crippen molar-refractivity contribution in [2.75, 3.05) is 31.5 Å². The predicted octanol–water partition coefficient (Wildman–Crippen LogP) is 5.63. The summed E-state index contributed by atoms with van der Waals surface area (Å²) in [6, 6.07) is 12.8. The number of hydrogen-bond donors (Lipinski definition) is 1. The highest BCUT2D eigenvalue weighted by Crippen LogP contribution is 2.35. The maximum absolute atomic E-state index is 13.5. The smallest absolute Gasteiger partial charge is 0.433 e. The minimum atomic E-state index is -4.68. The van der Waals surface area contributed by atoms with Gasteiger partial charge in [0.05, 0.1) is 31.4 Å². The largest absolute Gasteiger partial charge is 0.493 e. The van der Waals surface area contributed by atoms with Crippen molar-refractivity contribution in [1.82, 2.24) is 9.97 Å². The molecule has 0 radical (unpaired) electrons. The van der Waals surface area contributed by atoms with Crippen LogP contribution in [0.2, 0.25) is 0 Å². The first kappa shape index (κ1) is 24.7. The molecule has 0 spiro atoms. The summed E-state index contributed by atoms with van der Waals surface area (Å²) >= 11 is 2.29. The SMILES string of the molecule is COc1ccc(-c2cc(C(F)(F)F)nc(SCC(=O)Nc3ccccc3SC)n2)cc1OC. The third-order valence-electron chi connectivity index (χ3n) is 4.39. The first-order chi connectivity index (χ1) is 15.7. The second kappa shape index (κ2) is 10.8. The molecule has 0 atom stereocenters. The van der Waals surface area contributed by atoms with Gasteiger partial charge >= 0.3 is 6.18 Å². The number of nitrogens with one attached hydrogen (secondary N) is 1. The van der Waals surface area contributed by atoms with Crippen LogP contribution in [0.25, 0.3) is 11.3 Å². The lowest BCUT2D eigenvalue weighted by atomic mass is 10.1. The van der Waals surface area contributed by atoms with Gasteiger partial charge in [-0.3, -0.25) is 4.79 Å². The molecule has 0 saturated carbocycles. The fraction of sp³-hybridized carbons (Fsp3) is 0.227. The van der Waals surface area contributed by atoms with E-state index in [1.165, 1.54) is 32.0 Å². The van der Waals surface area contributed by atoms with Crippen LogP contribution >= 0.6 is 23.5 Å². The van der Waals surface area contributed by atoms with Gasteiger partial charge in [0.2, 0.25) is 5.91 Å². The lowest BCUT2D eigenvalue weighted by molar-refractivity contribution is -0.141. The number of ether oxygens (including phenoxy) is 2. The molecule has 1 heterocycles. The van der Waals surface area contributed by atoms with E-state index in [0.29, 0.717) is 22.7 Å². The number of nitrogens with zero attached hydrogens (tertiary/aromatic N) is 2. The number of hydrogen-bond acceptors (Lipinski definition) is 7. The number of carbonyl (C=O) groups excluding carboxylic acids is 1. The Balaban J connectivity index is 1.85. The molecule has 6 nitrogen and oxygen atoms in total. The molecule has 11 heteroatoms. The third-order valence-corrected chi connectivity index (χ3v) is 6.03. The number of anilines is 1. The Morgan fingerprint density at radius 2 is 1.76 bits per heavy atom. The first-order valence-electron chi connectivity index (χ1n) is 9.49. The topological polar surface area (TPSA) is 73.3 Å². The van der Waals surface area contributed by atoms with E-state index in [1.54, 1.807) is 24.3 Å². The second-order valence-corrected chi connectivity index (χ2v) is 8.32. The standard InChI is InChI=1S/C22H20F3N3O3S2/c1-30-16-9-8-13(10-17(16)31-2)15-11-19(22(23,24)25)28-21(27-15)33-12-20(29)26-14-6-4-5-7-18(14)32-3/h4-11H,12H2,1-3H3,(H,26,29). The zero-order chi connectivity index (χ0) is 24.0. The highest BCUT2D eigenvalue weighted by Gasteiger charge is 2.34. The van der Waals surface area contributed by atoms with E-state index in [1.807, 2.05) is 18.4 Å². The summed E-state index contributed by atoms with van der Waals surface area (Å²) in [6.45, 7) is 0. The van der Waals surface area contributed by atoms with Crippen LogP contribution in [-0.4, -0.2) is 42.1 Å². The average Bonchev–Trinajstić information content (AvgIpc) is 2.81. The molecule has 0 saturated heterocycles. The number of thioether (sulfide) groups is 2. The molecule has 0 aliphatic heterocycles. The highest BCUT2D eigenvalue weighted by atomic mass is 32.2. The van der Waals surface area contributed by atoms with E-state index in [9.17, 15) is 18.0 Å². The molecule has 1 N–H and O–H groups in total. The number of para-hydroxylation sites is 1. The summed E-state index contributed by atoms with van der Waals surface area (Å²) in [5, 5.41) is 2.60. The number of methoxy groups -OCH3 is 2. The average molecular weight is 496 g/mol. The molecule has 1 aromatic heterocycles. The van der Waals surface area contributed by atoms with Gasteiger partial charge in [-0.25, -0.2) is 9.97 Å². The van der Waals surface area contributed by atoms with Gasteiger partial charge in [-0.15, -0.1) is 11.8 Å². The van der Waals surface area contributed by atoms with Crippen LogP contribution < -0.4 is 14.8 Å². The van der Waals surface area contributed by atoms with Crippen LogP contribution in [0.4, 0.5) is 18.9 Å². The quantitative estimate of drug-likeness (QED) is 0.321. The van der Waals surface area contributed by atoms with Crippen molar-refractivity contribution < 1.29 is 27.4 Å². The van der Waals surface area contributed by atoms with Gasteiger partial charge in [0, 0.05) is 10.5 Å². The van der Waals surface area contributed by atoms with Gasteiger partial charge in [0.25, 0.3) is 0 Å². The van der Waals surface area contributed by atoms with E-state index < -0.39 is 11.9 Å². The number of rotatable bonds is 8. The molecule has 0 aliphatic rings. The summed E-state index contributed by atoms with van der Waals surface area (Å²) in [5.74, 6) is 0.247. The lowest BCUT2D eigenvalue weighted by Gasteiger charge is -2.13. The lowest BCUT2D eigenvalue weighted by Crippen LogP contribution is -2.15. The number of benzene rings is 2. The Morgan fingerprint density at radius 3 is 2.42 bits per heavy atom. The first-order valence-corrected chi connectivity index (χ1v) is 11.7. The van der Waals surface area contributed by atoms with E-state index >= 15 is 0 Å². The molecule has 2 aromatic carbocycles. The molecule has 0 aliphatic carbocycles. The molecule has 3 aromatic rings. The van der Waals surface area contributed by atoms with Gasteiger partial charge in [-0.2, -0.15) is 13.2 Å². The Bertz CT molecular complexity index is 1140. The van der Waals surface area contributed by atoms with Crippen molar-refractivity contribution in [1.29, 1.82) is 0 Å². The molecule has 174 valence electrons. The Morgan fingerprint density at radius 1 is 1.03 bits per heavy atom. The maximum Gasteiger partial charge on any atom is 0.433 e. The van der Waals surface area contributed by atoms with E-state index in [0.717, 1.165) is 22.7 Å². The fourth-order valence-corrected chi connectivity index (χ4v) is 4.05. The predicted molar refractivity (Wildman–Crippen MR) is 123 cm³/mol. The van der Waals surface area contributed by atoms with Crippen molar-refractivity contribution in [2.45, 2.75) is 16.2 Å². The maximum atomic E-state index is 13.5. The van der Waals surface area contributed by atoms with Gasteiger partial charge < -0.3 is 14.8 Å². The minimum absolute atomic E-state index is 0.0499. The van der Waals surface area contributed by atoms with Crippen LogP contribution in [0.5, 0.6) is 11.5 Å². The number of halogens is 3. The van der Waals surface area contributed by atoms with Crippen LogP contribution in [0, 0.1) is 0 Å². The molecule has 0 unspecified atom stereocenters. The Kier molecular flexibility index (Phi) is 8.09. The van der Waals surface area contributed by atoms with Crippen molar-refractivity contribution in [3.8, 4) is 22.8 Å². The summed E-state index contributed by atoms with van der Waals surface area (Å²) in [4.78, 5) is 21.1. The summed E-state index contributed by atoms with van der Waals surface area (Å²) in [5.41, 5.74) is -0.0286. The van der Waals surface area contributed by atoms with Gasteiger partial charge in [0.15, 0.2) is 16.7 Å². The summed E-state index contributed by atoms with van der Waals surface area (Å²) in [7, 11) is 2.89. The van der Waals surface area contributed by atoms with E-state index in [2.05, 4.69) is 15.3 Å². The molecule has 0 fully saturated rings. The van der Waals surface area contributed by atoms with E-state index in [4.69, 9.17) is 9.47 Å². The van der Waals surface area contributed by atoms with Crippen LogP contribution in [0.15, 0.2) is 58.6 Å². The zero-order valence-corrected chi connectivity index (χ0v) is 19.5. The van der Waals surface area contributed by atoms with Crippen LogP contribution in [0.1, 0.15) is 5.69 Å². The van der Waals surface area contributed by atoms with Crippen LogP contribution in [-0.2, 0) is 11.0 Å². The monoisotopic (exact) mass is 495 g/mol. The second-order valence-electron chi connectivity index (χ2n) is 6.53. The Hall–Kier alpha value is -2.92. The third kappa shape index (κ3) is 6.32. The molecular formula is C22H20F3N3O3S2. The summed E-state index contributed by atoms with van der Waals surface area (Å²) in [6.07, 6.45) is -2.80. The summed E-state index contributed by atoms with van der Waals surface area (Å²) < 4.78 is 50.8. The normalized spacial score (nSPS) is 11.2. The molecule has 1 amide bonds. The fourth-order valence-electron chi connectivity index (χ4n) is 2.84. The molecular weight excluding hydrogens is 475 g/mol. The number of alkyl halides is 3. The zero-order valence-electron chi connectivity index (χ0n) is 17.9. The highest BCUT2D eigenvalue weighted by molar-refractivity contribution is 7.99. The number of aromatic nitrogens is 2. The van der Waals surface area contributed by atoms with Gasteiger partial charge in [-0.1, -0.05) is 23.9 Å². The van der Waals surface area contributed by atoms with Crippen molar-refractivity contribution in [3.63, 3.8) is 0 Å². The molecule has 0 bridgehead atoms. The van der Waals surface area contributed by atoms with Crippen molar-refractivity contribution in [2.24, 2.45) is 0 Å². The number of amides is 1. The van der Waals surface area contributed by atoms with Crippen LogP contribution in [0.3, 0.4) is 0 Å². The van der Waals surface area contributed by atoms with Crippen molar-refractivity contribution >= 4 is 35.1 Å². The minimum Gasteiger partial charge on any atom is -0.493 e. The van der Waals surface area contributed by atoms with E-state index in [-0.39, 0.29) is 22.5 Å². The van der Waals surface area contributed by atoms with Crippen molar-refractivity contribution in [3.05, 3.63) is 54.2 Å². The van der Waals surface area contributed by atoms with Gasteiger partial charge in [-0.05, 0) is 42.7 Å². The Labute approximate surface area is 197 Å². The van der Waals surface area contributed by atoms with Gasteiger partial charge in [0.1, 0.15) is 5.69 Å². The molecule has 33 heavy (non-hydrogen) atoms. The number of carbonyl (C=O) groups is 1.